The van der Waals surface area contributed by atoms with Gasteiger partial charge in [0, 0.05) is 24.2 Å². The zero-order valence-electron chi connectivity index (χ0n) is 14.5. The summed E-state index contributed by atoms with van der Waals surface area (Å²) >= 11 is 0. The zero-order valence-corrected chi connectivity index (χ0v) is 14.5. The van der Waals surface area contributed by atoms with Crippen LogP contribution in [0.5, 0.6) is 0 Å². The maximum atomic E-state index is 13.1. The van der Waals surface area contributed by atoms with Gasteiger partial charge < -0.3 is 19.5 Å². The standard InChI is InChI=1S/C19H23N3O3/c1-19(8-5-9-19)20-18(23)15-16(14-6-3-2-4-7-14)25-21-17(15)22-10-12-24-13-11-22/h2-4,6-7H,5,8-13H2,1H3,(H,20,23). The van der Waals surface area contributed by atoms with Crippen molar-refractivity contribution in [2.75, 3.05) is 31.2 Å². The van der Waals surface area contributed by atoms with Gasteiger partial charge in [0.2, 0.25) is 0 Å². The second-order valence-corrected chi connectivity index (χ2v) is 7.04. The normalized spacial score (nSPS) is 19.3. The minimum atomic E-state index is -0.120. The van der Waals surface area contributed by atoms with Crippen LogP contribution in [0.3, 0.4) is 0 Å². The Kier molecular flexibility index (Phi) is 4.21. The van der Waals surface area contributed by atoms with Crippen LogP contribution in [-0.4, -0.2) is 42.9 Å². The molecule has 1 saturated carbocycles. The van der Waals surface area contributed by atoms with Crippen molar-refractivity contribution in [3.8, 4) is 11.3 Å². The molecule has 0 atom stereocenters. The molecule has 6 heteroatoms. The third kappa shape index (κ3) is 3.14. The summed E-state index contributed by atoms with van der Waals surface area (Å²) < 4.78 is 11.0. The number of anilines is 1. The molecule has 2 aliphatic rings. The molecule has 0 unspecified atom stereocenters. The third-order valence-electron chi connectivity index (χ3n) is 5.12. The first-order valence-corrected chi connectivity index (χ1v) is 8.87. The number of hydrogen-bond donors (Lipinski definition) is 1. The van der Waals surface area contributed by atoms with Crippen molar-refractivity contribution in [2.45, 2.75) is 31.7 Å². The number of nitrogens with zero attached hydrogens (tertiary/aromatic N) is 2. The van der Waals surface area contributed by atoms with Gasteiger partial charge in [0.1, 0.15) is 5.56 Å². The van der Waals surface area contributed by atoms with Crippen LogP contribution < -0.4 is 10.2 Å². The number of amides is 1. The summed E-state index contributed by atoms with van der Waals surface area (Å²) in [7, 11) is 0. The Bertz CT molecular complexity index is 747. The van der Waals surface area contributed by atoms with Crippen LogP contribution >= 0.6 is 0 Å². The lowest BCUT2D eigenvalue weighted by molar-refractivity contribution is 0.0850. The SMILES string of the molecule is CC1(NC(=O)c2c(N3CCOCC3)noc2-c2ccccc2)CCC1. The van der Waals surface area contributed by atoms with Crippen LogP contribution in [0.15, 0.2) is 34.9 Å². The molecule has 1 aromatic heterocycles. The fourth-order valence-corrected chi connectivity index (χ4v) is 3.43. The Morgan fingerprint density at radius 3 is 2.56 bits per heavy atom. The lowest BCUT2D eigenvalue weighted by Crippen LogP contribution is -2.51. The Balaban J connectivity index is 1.72. The molecule has 1 saturated heterocycles. The van der Waals surface area contributed by atoms with Crippen molar-refractivity contribution in [1.29, 1.82) is 0 Å². The molecule has 0 radical (unpaired) electrons. The van der Waals surface area contributed by atoms with Gasteiger partial charge in [-0.15, -0.1) is 0 Å². The average molecular weight is 341 g/mol. The van der Waals surface area contributed by atoms with E-state index < -0.39 is 0 Å². The van der Waals surface area contributed by atoms with Gasteiger partial charge in [-0.05, 0) is 26.2 Å². The number of carbonyl (C=O) groups excluding carboxylic acids is 1. The highest BCUT2D eigenvalue weighted by Crippen LogP contribution is 2.35. The summed E-state index contributed by atoms with van der Waals surface area (Å²) in [4.78, 5) is 15.2. The summed E-state index contributed by atoms with van der Waals surface area (Å²) in [5.41, 5.74) is 1.27. The predicted molar refractivity (Wildman–Crippen MR) is 94.7 cm³/mol. The van der Waals surface area contributed by atoms with E-state index in [1.807, 2.05) is 30.3 Å². The minimum Gasteiger partial charge on any atom is -0.378 e. The largest absolute Gasteiger partial charge is 0.378 e. The van der Waals surface area contributed by atoms with Crippen LogP contribution in [0.25, 0.3) is 11.3 Å². The highest BCUT2D eigenvalue weighted by Gasteiger charge is 2.36. The highest BCUT2D eigenvalue weighted by molar-refractivity contribution is 6.04. The molecule has 2 aromatic rings. The van der Waals surface area contributed by atoms with E-state index in [9.17, 15) is 4.79 Å². The van der Waals surface area contributed by atoms with E-state index in [0.29, 0.717) is 43.4 Å². The van der Waals surface area contributed by atoms with Gasteiger partial charge in [-0.3, -0.25) is 4.79 Å². The molecular formula is C19H23N3O3. The summed E-state index contributed by atoms with van der Waals surface area (Å²) in [6, 6.07) is 9.68. The fourth-order valence-electron chi connectivity index (χ4n) is 3.43. The zero-order chi connectivity index (χ0) is 17.3. The van der Waals surface area contributed by atoms with E-state index in [1.165, 1.54) is 0 Å². The molecule has 1 aromatic carbocycles. The molecular weight excluding hydrogens is 318 g/mol. The van der Waals surface area contributed by atoms with E-state index in [-0.39, 0.29) is 11.4 Å². The first kappa shape index (κ1) is 16.1. The van der Waals surface area contributed by atoms with Crippen molar-refractivity contribution in [3.63, 3.8) is 0 Å². The Morgan fingerprint density at radius 1 is 1.20 bits per heavy atom. The second-order valence-electron chi connectivity index (χ2n) is 7.04. The molecule has 0 spiro atoms. The minimum absolute atomic E-state index is 0.108. The van der Waals surface area contributed by atoms with Crippen LogP contribution in [0, 0.1) is 0 Å². The van der Waals surface area contributed by atoms with E-state index in [4.69, 9.17) is 9.26 Å². The van der Waals surface area contributed by atoms with E-state index in [2.05, 4.69) is 22.3 Å². The smallest absolute Gasteiger partial charge is 0.259 e. The summed E-state index contributed by atoms with van der Waals surface area (Å²) in [6.07, 6.45) is 3.18. The first-order valence-electron chi connectivity index (χ1n) is 8.87. The third-order valence-corrected chi connectivity index (χ3v) is 5.12. The van der Waals surface area contributed by atoms with Crippen LogP contribution in [0.1, 0.15) is 36.5 Å². The second kappa shape index (κ2) is 6.52. The molecule has 132 valence electrons. The Hall–Kier alpha value is -2.34. The molecule has 1 aliphatic carbocycles. The maximum Gasteiger partial charge on any atom is 0.259 e. The van der Waals surface area contributed by atoms with Crippen molar-refractivity contribution in [1.82, 2.24) is 10.5 Å². The number of carbonyl (C=O) groups is 1. The number of nitrogens with one attached hydrogen (secondary N) is 1. The Morgan fingerprint density at radius 2 is 1.92 bits per heavy atom. The number of aromatic nitrogens is 1. The molecule has 2 fully saturated rings. The molecule has 25 heavy (non-hydrogen) atoms. The molecule has 2 heterocycles. The summed E-state index contributed by atoms with van der Waals surface area (Å²) in [6.45, 7) is 4.77. The predicted octanol–water partition coefficient (Wildman–Crippen LogP) is 2.85. The van der Waals surface area contributed by atoms with Crippen molar-refractivity contribution in [3.05, 3.63) is 35.9 Å². The first-order chi connectivity index (χ1) is 12.2. The van der Waals surface area contributed by atoms with Crippen LogP contribution in [0.2, 0.25) is 0 Å². The number of ether oxygens (including phenoxy) is 1. The van der Waals surface area contributed by atoms with Gasteiger partial charge >= 0.3 is 0 Å². The van der Waals surface area contributed by atoms with E-state index >= 15 is 0 Å². The number of benzene rings is 1. The number of rotatable bonds is 4. The number of hydrogen-bond acceptors (Lipinski definition) is 5. The molecule has 1 N–H and O–H groups in total. The lowest BCUT2D eigenvalue weighted by Gasteiger charge is -2.39. The molecule has 1 amide bonds. The van der Waals surface area contributed by atoms with E-state index in [1.54, 1.807) is 0 Å². The monoisotopic (exact) mass is 341 g/mol. The molecule has 0 bridgehead atoms. The van der Waals surface area contributed by atoms with Crippen molar-refractivity contribution in [2.24, 2.45) is 0 Å². The topological polar surface area (TPSA) is 67.6 Å². The molecule has 6 nitrogen and oxygen atoms in total. The van der Waals surface area contributed by atoms with E-state index in [0.717, 1.165) is 24.8 Å². The molecule has 1 aliphatic heterocycles. The van der Waals surface area contributed by atoms with Crippen LogP contribution in [-0.2, 0) is 4.74 Å². The summed E-state index contributed by atoms with van der Waals surface area (Å²) in [5.74, 6) is 1.04. The van der Waals surface area contributed by atoms with Gasteiger partial charge in [-0.25, -0.2) is 0 Å². The lowest BCUT2D eigenvalue weighted by atomic mass is 9.78. The number of morpholine rings is 1. The van der Waals surface area contributed by atoms with Gasteiger partial charge in [0.05, 0.1) is 13.2 Å². The quantitative estimate of drug-likeness (QED) is 0.926. The van der Waals surface area contributed by atoms with Gasteiger partial charge in [-0.1, -0.05) is 35.5 Å². The maximum absolute atomic E-state index is 13.1. The fraction of sp³-hybridized carbons (Fsp3) is 0.474. The Labute approximate surface area is 147 Å². The average Bonchev–Trinajstić information content (AvgIpc) is 3.07. The molecule has 4 rings (SSSR count). The van der Waals surface area contributed by atoms with Gasteiger partial charge in [0.25, 0.3) is 5.91 Å². The van der Waals surface area contributed by atoms with Crippen molar-refractivity contribution < 1.29 is 14.1 Å². The summed E-state index contributed by atoms with van der Waals surface area (Å²) in [5, 5.41) is 7.43. The highest BCUT2D eigenvalue weighted by atomic mass is 16.5. The van der Waals surface area contributed by atoms with Gasteiger partial charge in [0.15, 0.2) is 11.6 Å². The van der Waals surface area contributed by atoms with Crippen LogP contribution in [0.4, 0.5) is 5.82 Å². The van der Waals surface area contributed by atoms with Crippen molar-refractivity contribution >= 4 is 11.7 Å². The van der Waals surface area contributed by atoms with Gasteiger partial charge in [-0.2, -0.15) is 0 Å².